The van der Waals surface area contributed by atoms with Crippen LogP contribution in [0.4, 0.5) is 0 Å². The summed E-state index contributed by atoms with van der Waals surface area (Å²) < 4.78 is 0. The van der Waals surface area contributed by atoms with Crippen molar-refractivity contribution < 1.29 is 0 Å². The summed E-state index contributed by atoms with van der Waals surface area (Å²) >= 11 is 1.75. The first-order valence-corrected chi connectivity index (χ1v) is 5.41. The average Bonchev–Trinajstić information content (AvgIpc) is 2.71. The van der Waals surface area contributed by atoms with Gasteiger partial charge in [-0.15, -0.1) is 11.3 Å². The number of hydrogen-bond donors (Lipinski definition) is 1. The molecule has 72 valence electrons. The first-order valence-electron chi connectivity index (χ1n) is 4.53. The molecule has 0 aliphatic rings. The zero-order valence-corrected chi connectivity index (χ0v) is 8.84. The normalized spacial score (nSPS) is 10.4. The third-order valence-electron chi connectivity index (χ3n) is 1.98. The van der Waals surface area contributed by atoms with E-state index in [1.807, 2.05) is 19.3 Å². The van der Waals surface area contributed by atoms with Gasteiger partial charge in [0.25, 0.3) is 0 Å². The maximum absolute atomic E-state index is 4.28. The van der Waals surface area contributed by atoms with E-state index in [0.717, 1.165) is 12.2 Å². The van der Waals surface area contributed by atoms with Crippen molar-refractivity contribution in [2.45, 2.75) is 6.54 Å². The van der Waals surface area contributed by atoms with E-state index >= 15 is 0 Å². The molecule has 3 heteroatoms. The van der Waals surface area contributed by atoms with Gasteiger partial charge in [0, 0.05) is 17.6 Å². The molecule has 0 radical (unpaired) electrons. The SMILES string of the molecule is CNCc1cc(-c2cccs2)ccn1. The van der Waals surface area contributed by atoms with Crippen molar-refractivity contribution in [3.63, 3.8) is 0 Å². The Hall–Kier alpha value is -1.19. The van der Waals surface area contributed by atoms with Crippen LogP contribution in [0.25, 0.3) is 10.4 Å². The molecule has 2 heterocycles. The number of nitrogens with zero attached hydrogens (tertiary/aromatic N) is 1. The van der Waals surface area contributed by atoms with E-state index in [0.29, 0.717) is 0 Å². The molecule has 0 spiro atoms. The molecule has 0 aliphatic carbocycles. The van der Waals surface area contributed by atoms with Crippen molar-refractivity contribution in [2.75, 3.05) is 7.05 Å². The van der Waals surface area contributed by atoms with Crippen molar-refractivity contribution in [3.8, 4) is 10.4 Å². The second kappa shape index (κ2) is 4.35. The summed E-state index contributed by atoms with van der Waals surface area (Å²) in [5.74, 6) is 0. The lowest BCUT2D eigenvalue weighted by atomic mass is 10.2. The van der Waals surface area contributed by atoms with Crippen molar-refractivity contribution >= 4 is 11.3 Å². The zero-order chi connectivity index (χ0) is 9.80. The molecule has 14 heavy (non-hydrogen) atoms. The van der Waals surface area contributed by atoms with Crippen molar-refractivity contribution in [1.82, 2.24) is 10.3 Å². The van der Waals surface area contributed by atoms with Crippen LogP contribution in [0.5, 0.6) is 0 Å². The minimum Gasteiger partial charge on any atom is -0.314 e. The Bertz CT molecular complexity index is 395. The van der Waals surface area contributed by atoms with Crippen LogP contribution in [0.2, 0.25) is 0 Å². The second-order valence-electron chi connectivity index (χ2n) is 3.04. The maximum atomic E-state index is 4.28. The highest BCUT2D eigenvalue weighted by atomic mass is 32.1. The van der Waals surface area contributed by atoms with Gasteiger partial charge >= 0.3 is 0 Å². The molecule has 0 fully saturated rings. The number of rotatable bonds is 3. The van der Waals surface area contributed by atoms with Gasteiger partial charge in [-0.3, -0.25) is 4.98 Å². The number of hydrogen-bond acceptors (Lipinski definition) is 3. The molecule has 2 aromatic rings. The number of pyridine rings is 1. The minimum absolute atomic E-state index is 0.819. The minimum atomic E-state index is 0.819. The molecular weight excluding hydrogens is 192 g/mol. The molecule has 0 amide bonds. The lowest BCUT2D eigenvalue weighted by Crippen LogP contribution is -2.06. The van der Waals surface area contributed by atoms with Gasteiger partial charge in [-0.1, -0.05) is 6.07 Å². The molecular formula is C11H12N2S. The van der Waals surface area contributed by atoms with Gasteiger partial charge in [-0.05, 0) is 36.2 Å². The Labute approximate surface area is 87.6 Å². The summed E-state index contributed by atoms with van der Waals surface area (Å²) in [6.45, 7) is 0.819. The Morgan fingerprint density at radius 1 is 1.43 bits per heavy atom. The average molecular weight is 204 g/mol. The van der Waals surface area contributed by atoms with Crippen LogP contribution in [0.15, 0.2) is 35.8 Å². The van der Waals surface area contributed by atoms with E-state index in [-0.39, 0.29) is 0 Å². The van der Waals surface area contributed by atoms with Crippen LogP contribution in [-0.2, 0) is 6.54 Å². The summed E-state index contributed by atoms with van der Waals surface area (Å²) in [6, 6.07) is 8.37. The molecule has 2 aromatic heterocycles. The third-order valence-corrected chi connectivity index (χ3v) is 2.90. The van der Waals surface area contributed by atoms with Crippen LogP contribution in [-0.4, -0.2) is 12.0 Å². The molecule has 0 aliphatic heterocycles. The van der Waals surface area contributed by atoms with Crippen LogP contribution >= 0.6 is 11.3 Å². The van der Waals surface area contributed by atoms with Crippen LogP contribution in [0, 0.1) is 0 Å². The molecule has 2 nitrogen and oxygen atoms in total. The van der Waals surface area contributed by atoms with Gasteiger partial charge in [-0.2, -0.15) is 0 Å². The smallest absolute Gasteiger partial charge is 0.0548 e. The maximum Gasteiger partial charge on any atom is 0.0548 e. The van der Waals surface area contributed by atoms with Crippen molar-refractivity contribution in [2.24, 2.45) is 0 Å². The van der Waals surface area contributed by atoms with E-state index in [9.17, 15) is 0 Å². The topological polar surface area (TPSA) is 24.9 Å². The van der Waals surface area contributed by atoms with E-state index < -0.39 is 0 Å². The highest BCUT2D eigenvalue weighted by molar-refractivity contribution is 7.13. The fourth-order valence-electron chi connectivity index (χ4n) is 1.35. The zero-order valence-electron chi connectivity index (χ0n) is 8.03. The molecule has 0 bridgehead atoms. The van der Waals surface area contributed by atoms with Crippen LogP contribution in [0.3, 0.4) is 0 Å². The molecule has 2 rings (SSSR count). The fourth-order valence-corrected chi connectivity index (χ4v) is 2.08. The highest BCUT2D eigenvalue weighted by Gasteiger charge is 1.99. The second-order valence-corrected chi connectivity index (χ2v) is 3.99. The van der Waals surface area contributed by atoms with Crippen molar-refractivity contribution in [1.29, 1.82) is 0 Å². The van der Waals surface area contributed by atoms with E-state index in [1.165, 1.54) is 10.4 Å². The highest BCUT2D eigenvalue weighted by Crippen LogP contribution is 2.24. The molecule has 0 saturated heterocycles. The summed E-state index contributed by atoms with van der Waals surface area (Å²) in [7, 11) is 1.93. The molecule has 1 N–H and O–H groups in total. The Morgan fingerprint density at radius 2 is 2.36 bits per heavy atom. The monoisotopic (exact) mass is 204 g/mol. The lowest BCUT2D eigenvalue weighted by Gasteiger charge is -2.01. The number of thiophene rings is 1. The summed E-state index contributed by atoms with van der Waals surface area (Å²) in [6.07, 6.45) is 1.86. The summed E-state index contributed by atoms with van der Waals surface area (Å²) in [5.41, 5.74) is 2.33. The Balaban J connectivity index is 2.31. The van der Waals surface area contributed by atoms with Gasteiger partial charge in [-0.25, -0.2) is 0 Å². The quantitative estimate of drug-likeness (QED) is 0.831. The van der Waals surface area contributed by atoms with Crippen LogP contribution in [0.1, 0.15) is 5.69 Å². The lowest BCUT2D eigenvalue weighted by molar-refractivity contribution is 0.792. The predicted molar refractivity (Wildman–Crippen MR) is 60.3 cm³/mol. The molecule has 0 atom stereocenters. The number of nitrogens with one attached hydrogen (secondary N) is 1. The molecule has 0 saturated carbocycles. The Morgan fingerprint density at radius 3 is 3.07 bits per heavy atom. The standard InChI is InChI=1S/C11H12N2S/c1-12-8-10-7-9(4-5-13-10)11-3-2-6-14-11/h2-7,12H,8H2,1H3. The fraction of sp³-hybridized carbons (Fsp3) is 0.182. The van der Waals surface area contributed by atoms with Gasteiger partial charge in [0.2, 0.25) is 0 Å². The number of aromatic nitrogens is 1. The summed E-state index contributed by atoms with van der Waals surface area (Å²) in [5, 5.41) is 5.19. The van der Waals surface area contributed by atoms with Gasteiger partial charge < -0.3 is 5.32 Å². The molecule has 0 aromatic carbocycles. The van der Waals surface area contributed by atoms with E-state index in [4.69, 9.17) is 0 Å². The first-order chi connectivity index (χ1) is 6.90. The van der Waals surface area contributed by atoms with Crippen LogP contribution < -0.4 is 5.32 Å². The first kappa shape index (κ1) is 9.37. The predicted octanol–water partition coefficient (Wildman–Crippen LogP) is 2.53. The van der Waals surface area contributed by atoms with Gasteiger partial charge in [0.15, 0.2) is 0 Å². The van der Waals surface area contributed by atoms with E-state index in [2.05, 4.69) is 33.9 Å². The largest absolute Gasteiger partial charge is 0.314 e. The van der Waals surface area contributed by atoms with Crippen molar-refractivity contribution in [3.05, 3.63) is 41.5 Å². The van der Waals surface area contributed by atoms with E-state index in [1.54, 1.807) is 11.3 Å². The van der Waals surface area contributed by atoms with Gasteiger partial charge in [0.1, 0.15) is 0 Å². The molecule has 0 unspecified atom stereocenters. The summed E-state index contributed by atoms with van der Waals surface area (Å²) in [4.78, 5) is 5.58. The Kier molecular flexibility index (Phi) is 2.91. The van der Waals surface area contributed by atoms with Gasteiger partial charge in [0.05, 0.1) is 5.69 Å². The third kappa shape index (κ3) is 2.00.